The van der Waals surface area contributed by atoms with Crippen LogP contribution in [0.5, 0.6) is 0 Å². The zero-order valence-electron chi connectivity index (χ0n) is 19.2. The molecule has 5 N–H and O–H groups in total. The monoisotopic (exact) mass is 500 g/mol. The van der Waals surface area contributed by atoms with Crippen LogP contribution < -0.4 is 11.5 Å². The molecule has 3 heterocycles. The molecule has 0 spiro atoms. The molecular formula is C26H19F3N8. The maximum absolute atomic E-state index is 15.1. The molecule has 0 amide bonds. The predicted molar refractivity (Wildman–Crippen MR) is 135 cm³/mol. The number of imidazole rings is 1. The second-order valence-electron chi connectivity index (χ2n) is 8.76. The molecule has 37 heavy (non-hydrogen) atoms. The number of rotatable bonds is 5. The number of pyridine rings is 2. The van der Waals surface area contributed by atoms with Crippen molar-refractivity contribution in [2.75, 3.05) is 5.73 Å². The highest BCUT2D eigenvalue weighted by Gasteiger charge is 2.32. The lowest BCUT2D eigenvalue weighted by atomic mass is 10.0. The van der Waals surface area contributed by atoms with Gasteiger partial charge in [-0.25, -0.2) is 28.1 Å². The lowest BCUT2D eigenvalue weighted by molar-refractivity contribution is 0.614. The molecule has 6 rings (SSSR count). The molecular weight excluding hydrogens is 481 g/mol. The molecule has 3 aromatic heterocycles. The first-order chi connectivity index (χ1) is 17.9. The van der Waals surface area contributed by atoms with Crippen molar-refractivity contribution >= 4 is 39.9 Å². The smallest absolute Gasteiger partial charge is 0.173 e. The number of hydrogen-bond donors (Lipinski definition) is 3. The molecule has 0 bridgehead atoms. The summed E-state index contributed by atoms with van der Waals surface area (Å²) in [5, 5.41) is 7.37. The summed E-state index contributed by atoms with van der Waals surface area (Å²) in [5.41, 5.74) is 14.0. The van der Waals surface area contributed by atoms with Crippen LogP contribution in [0.3, 0.4) is 0 Å². The molecule has 0 aliphatic heterocycles. The zero-order valence-corrected chi connectivity index (χ0v) is 19.2. The Balaban J connectivity index is 1.77. The van der Waals surface area contributed by atoms with Gasteiger partial charge in [-0.2, -0.15) is 0 Å². The molecule has 1 saturated carbocycles. The van der Waals surface area contributed by atoms with Gasteiger partial charge in [0.05, 0.1) is 16.6 Å². The zero-order chi connectivity index (χ0) is 25.8. The van der Waals surface area contributed by atoms with Crippen molar-refractivity contribution in [2.45, 2.75) is 18.8 Å². The van der Waals surface area contributed by atoms with Crippen molar-refractivity contribution in [3.63, 3.8) is 0 Å². The third-order valence-electron chi connectivity index (χ3n) is 6.45. The van der Waals surface area contributed by atoms with Gasteiger partial charge in [0.25, 0.3) is 0 Å². The van der Waals surface area contributed by atoms with Gasteiger partial charge in [-0.15, -0.1) is 0 Å². The summed E-state index contributed by atoms with van der Waals surface area (Å²) in [5.74, 6) is -1.59. The number of anilines is 1. The van der Waals surface area contributed by atoms with Gasteiger partial charge in [-0.3, -0.25) is 15.0 Å². The van der Waals surface area contributed by atoms with Gasteiger partial charge in [-0.05, 0) is 54.8 Å². The minimum Gasteiger partial charge on any atom is -0.383 e. The Morgan fingerprint density at radius 3 is 2.54 bits per heavy atom. The molecule has 1 aliphatic rings. The molecule has 1 fully saturated rings. The highest BCUT2D eigenvalue weighted by Crippen LogP contribution is 2.44. The van der Waals surface area contributed by atoms with Gasteiger partial charge < -0.3 is 11.5 Å². The number of nitrogens with two attached hydrogens (primary N) is 2. The predicted octanol–water partition coefficient (Wildman–Crippen LogP) is 4.82. The van der Waals surface area contributed by atoms with E-state index in [-0.39, 0.29) is 34.0 Å². The maximum atomic E-state index is 15.1. The molecule has 2 aromatic carbocycles. The second kappa shape index (κ2) is 8.40. The van der Waals surface area contributed by atoms with Crippen molar-refractivity contribution in [2.24, 2.45) is 10.7 Å². The number of aromatic nitrogens is 4. The van der Waals surface area contributed by atoms with Gasteiger partial charge >= 0.3 is 0 Å². The lowest BCUT2D eigenvalue weighted by Gasteiger charge is -2.14. The number of nitrogens with zero attached hydrogens (tertiary/aromatic N) is 5. The highest BCUT2D eigenvalue weighted by atomic mass is 19.1. The Kier molecular flexibility index (Phi) is 5.14. The summed E-state index contributed by atoms with van der Waals surface area (Å²) in [4.78, 5) is 16.6. The Bertz CT molecular complexity index is 1770. The number of amidine groups is 1. The first-order valence-electron chi connectivity index (χ1n) is 11.4. The number of aliphatic imine (C=N–C) groups is 1. The number of halogens is 3. The molecule has 184 valence electrons. The van der Waals surface area contributed by atoms with Crippen LogP contribution in [-0.2, 0) is 0 Å². The van der Waals surface area contributed by atoms with Crippen molar-refractivity contribution in [3.8, 4) is 16.8 Å². The minimum atomic E-state index is -0.716. The summed E-state index contributed by atoms with van der Waals surface area (Å²) in [6.45, 7) is 0. The summed E-state index contributed by atoms with van der Waals surface area (Å²) in [6.07, 6.45) is 5.32. The average molecular weight is 500 g/mol. The molecule has 0 radical (unpaired) electrons. The SMILES string of the molecule is N=CN=C(N)c1cc(-c2ccnc(N)c2F)cc2c1nc(C1CC1)n2-c1ccnc2c(F)ccc(F)c12. The van der Waals surface area contributed by atoms with Gasteiger partial charge in [0, 0.05) is 29.4 Å². The van der Waals surface area contributed by atoms with Crippen molar-refractivity contribution in [3.05, 3.63) is 77.6 Å². The van der Waals surface area contributed by atoms with Crippen LogP contribution in [0, 0.1) is 22.9 Å². The van der Waals surface area contributed by atoms with Gasteiger partial charge in [0.15, 0.2) is 11.6 Å². The number of benzene rings is 2. The standard InChI is InChI=1S/C26H19F3N8/c27-16-3-4-17(28)23-20(16)18(6-8-33-23)37-19-10-13(14-5-7-34-25(32)21(14)29)9-15(24(31)35-11-30)22(19)36-26(37)12-1-2-12/h3-12H,1-2H2,(H2,32,34)(H3,30,31,35). The van der Waals surface area contributed by atoms with Crippen LogP contribution in [0.2, 0.25) is 0 Å². The van der Waals surface area contributed by atoms with Crippen LogP contribution in [0.1, 0.15) is 30.1 Å². The lowest BCUT2D eigenvalue weighted by Crippen LogP contribution is -2.14. The molecule has 0 atom stereocenters. The summed E-state index contributed by atoms with van der Waals surface area (Å²) in [6, 6.07) is 8.45. The third kappa shape index (κ3) is 3.58. The van der Waals surface area contributed by atoms with Crippen LogP contribution in [0.15, 0.2) is 53.8 Å². The van der Waals surface area contributed by atoms with E-state index >= 15 is 8.78 Å². The van der Waals surface area contributed by atoms with E-state index in [0.29, 0.717) is 33.7 Å². The highest BCUT2D eigenvalue weighted by molar-refractivity contribution is 6.11. The van der Waals surface area contributed by atoms with Crippen molar-refractivity contribution in [1.82, 2.24) is 19.5 Å². The molecule has 0 saturated heterocycles. The van der Waals surface area contributed by atoms with Gasteiger partial charge in [0.1, 0.15) is 40.7 Å². The molecule has 11 heteroatoms. The second-order valence-corrected chi connectivity index (χ2v) is 8.76. The number of nitrogens with one attached hydrogen (secondary N) is 1. The fraction of sp³-hybridized carbons (Fsp3) is 0.115. The Morgan fingerprint density at radius 2 is 1.78 bits per heavy atom. The molecule has 8 nitrogen and oxygen atoms in total. The van der Waals surface area contributed by atoms with Gasteiger partial charge in [0.2, 0.25) is 0 Å². The summed E-state index contributed by atoms with van der Waals surface area (Å²) < 4.78 is 46.5. The molecule has 1 aliphatic carbocycles. The van der Waals surface area contributed by atoms with E-state index < -0.39 is 17.5 Å². The van der Waals surface area contributed by atoms with Crippen LogP contribution >= 0.6 is 0 Å². The van der Waals surface area contributed by atoms with Crippen LogP contribution in [-0.4, -0.2) is 31.7 Å². The number of fused-ring (bicyclic) bond motifs is 2. The Labute approximate surface area is 208 Å². The Hall–Kier alpha value is -4.80. The van der Waals surface area contributed by atoms with E-state index in [0.717, 1.165) is 31.3 Å². The normalized spacial score (nSPS) is 14.0. The number of hydrogen-bond acceptors (Lipinski definition) is 5. The van der Waals surface area contributed by atoms with E-state index in [9.17, 15) is 4.39 Å². The third-order valence-corrected chi connectivity index (χ3v) is 6.45. The largest absolute Gasteiger partial charge is 0.383 e. The fourth-order valence-electron chi connectivity index (χ4n) is 4.60. The first kappa shape index (κ1) is 22.7. The topological polar surface area (TPSA) is 132 Å². The fourth-order valence-corrected chi connectivity index (χ4v) is 4.60. The van der Waals surface area contributed by atoms with E-state index in [4.69, 9.17) is 21.9 Å². The van der Waals surface area contributed by atoms with E-state index in [2.05, 4.69) is 15.0 Å². The van der Waals surface area contributed by atoms with Gasteiger partial charge in [-0.1, -0.05) is 0 Å². The van der Waals surface area contributed by atoms with Crippen molar-refractivity contribution in [1.29, 1.82) is 5.41 Å². The van der Waals surface area contributed by atoms with E-state index in [1.807, 2.05) is 0 Å². The number of nitrogen functional groups attached to an aromatic ring is 1. The molecule has 5 aromatic rings. The minimum absolute atomic E-state index is 0.00359. The quantitative estimate of drug-likeness (QED) is 0.235. The Morgan fingerprint density at radius 1 is 1.03 bits per heavy atom. The average Bonchev–Trinajstić information content (AvgIpc) is 3.67. The van der Waals surface area contributed by atoms with E-state index in [1.54, 1.807) is 22.8 Å². The van der Waals surface area contributed by atoms with Crippen LogP contribution in [0.4, 0.5) is 19.0 Å². The van der Waals surface area contributed by atoms with Crippen molar-refractivity contribution < 1.29 is 13.2 Å². The summed E-state index contributed by atoms with van der Waals surface area (Å²) in [7, 11) is 0. The summed E-state index contributed by atoms with van der Waals surface area (Å²) >= 11 is 0. The first-order valence-corrected chi connectivity index (χ1v) is 11.4. The van der Waals surface area contributed by atoms with Crippen LogP contribution in [0.25, 0.3) is 38.8 Å². The molecule has 0 unspecified atom stereocenters. The van der Waals surface area contributed by atoms with E-state index in [1.165, 1.54) is 18.5 Å². The maximum Gasteiger partial charge on any atom is 0.173 e.